The number of hydrazine groups is 1. The molecule has 0 spiro atoms. The Kier molecular flexibility index (Phi) is 4.89. The summed E-state index contributed by atoms with van der Waals surface area (Å²) >= 11 is 0. The summed E-state index contributed by atoms with van der Waals surface area (Å²) in [7, 11) is 1.53. The van der Waals surface area contributed by atoms with Crippen molar-refractivity contribution in [2.24, 2.45) is 5.84 Å². The molecule has 0 radical (unpaired) electrons. The van der Waals surface area contributed by atoms with E-state index in [1.54, 1.807) is 0 Å². The maximum absolute atomic E-state index is 8.78. The van der Waals surface area contributed by atoms with E-state index in [9.17, 15) is 0 Å². The fraction of sp³-hybridized carbons (Fsp3) is 1.00. The topological polar surface area (TPSA) is 67.5 Å². The van der Waals surface area contributed by atoms with Crippen molar-refractivity contribution in [1.29, 1.82) is 0 Å². The summed E-state index contributed by atoms with van der Waals surface area (Å²) in [5.74, 6) is 4.89. The van der Waals surface area contributed by atoms with Crippen LogP contribution in [-0.2, 0) is 4.74 Å². The van der Waals surface area contributed by atoms with Crippen molar-refractivity contribution in [3.05, 3.63) is 0 Å². The standard InChI is InChI=1S/C4H12N2O2/c1-8-3-4(7)2-6-5/h4,6-7H,2-3,5H2,1H3. The second-order valence-corrected chi connectivity index (χ2v) is 1.52. The molecule has 4 N–H and O–H groups in total. The molecule has 0 amide bonds. The minimum absolute atomic E-state index is 0.324. The Bertz CT molecular complexity index is 45.3. The molecule has 0 fully saturated rings. The van der Waals surface area contributed by atoms with E-state index in [0.717, 1.165) is 0 Å². The van der Waals surface area contributed by atoms with Crippen molar-refractivity contribution >= 4 is 0 Å². The average molecular weight is 120 g/mol. The molecule has 0 heterocycles. The zero-order valence-corrected chi connectivity index (χ0v) is 4.92. The van der Waals surface area contributed by atoms with Gasteiger partial charge in [0.2, 0.25) is 0 Å². The average Bonchev–Trinajstić information content (AvgIpc) is 1.68. The van der Waals surface area contributed by atoms with Gasteiger partial charge in [0.15, 0.2) is 0 Å². The number of nitrogens with one attached hydrogen (secondary N) is 1. The van der Waals surface area contributed by atoms with Crippen LogP contribution < -0.4 is 11.3 Å². The molecule has 1 unspecified atom stereocenters. The molecule has 4 heteroatoms. The van der Waals surface area contributed by atoms with E-state index in [4.69, 9.17) is 10.9 Å². The SMILES string of the molecule is COCC(O)CNN. The Morgan fingerprint density at radius 1 is 1.88 bits per heavy atom. The van der Waals surface area contributed by atoms with Gasteiger partial charge in [0.1, 0.15) is 0 Å². The van der Waals surface area contributed by atoms with E-state index in [-0.39, 0.29) is 0 Å². The summed E-state index contributed by atoms with van der Waals surface area (Å²) in [5, 5.41) is 8.78. The highest BCUT2D eigenvalue weighted by molar-refractivity contribution is 4.52. The van der Waals surface area contributed by atoms with E-state index in [1.807, 2.05) is 0 Å². The number of methoxy groups -OCH3 is 1. The summed E-state index contributed by atoms with van der Waals surface area (Å²) in [6.45, 7) is 0.692. The van der Waals surface area contributed by atoms with Crippen molar-refractivity contribution in [3.63, 3.8) is 0 Å². The van der Waals surface area contributed by atoms with Crippen molar-refractivity contribution in [2.45, 2.75) is 6.10 Å². The van der Waals surface area contributed by atoms with Crippen LogP contribution in [0.2, 0.25) is 0 Å². The first-order chi connectivity index (χ1) is 3.81. The Hall–Kier alpha value is -0.160. The van der Waals surface area contributed by atoms with E-state index >= 15 is 0 Å². The van der Waals surface area contributed by atoms with Crippen LogP contribution in [-0.4, -0.2) is 31.5 Å². The lowest BCUT2D eigenvalue weighted by Crippen LogP contribution is -2.34. The van der Waals surface area contributed by atoms with Gasteiger partial charge in [0.05, 0.1) is 12.7 Å². The first-order valence-electron chi connectivity index (χ1n) is 2.41. The van der Waals surface area contributed by atoms with Crippen LogP contribution in [0.1, 0.15) is 0 Å². The molecule has 50 valence electrons. The number of aliphatic hydroxyl groups excluding tert-OH is 1. The van der Waals surface area contributed by atoms with E-state index < -0.39 is 6.10 Å². The van der Waals surface area contributed by atoms with Crippen LogP contribution >= 0.6 is 0 Å². The van der Waals surface area contributed by atoms with Gasteiger partial charge in [-0.25, -0.2) is 0 Å². The van der Waals surface area contributed by atoms with Gasteiger partial charge >= 0.3 is 0 Å². The zero-order chi connectivity index (χ0) is 6.41. The molecule has 0 aliphatic heterocycles. The van der Waals surface area contributed by atoms with Crippen LogP contribution in [0, 0.1) is 0 Å². The molecule has 0 rings (SSSR count). The zero-order valence-electron chi connectivity index (χ0n) is 4.92. The van der Waals surface area contributed by atoms with Gasteiger partial charge in [-0.15, -0.1) is 0 Å². The maximum atomic E-state index is 8.78. The molecular formula is C4H12N2O2. The molecule has 0 saturated heterocycles. The molecule has 0 aliphatic rings. The van der Waals surface area contributed by atoms with Crippen molar-refractivity contribution in [2.75, 3.05) is 20.3 Å². The Labute approximate surface area is 48.6 Å². The third-order valence-electron chi connectivity index (χ3n) is 0.713. The largest absolute Gasteiger partial charge is 0.389 e. The second-order valence-electron chi connectivity index (χ2n) is 1.52. The van der Waals surface area contributed by atoms with Gasteiger partial charge in [-0.3, -0.25) is 11.3 Å². The molecule has 0 aliphatic carbocycles. The van der Waals surface area contributed by atoms with Crippen molar-refractivity contribution in [1.82, 2.24) is 5.43 Å². The number of nitrogens with two attached hydrogens (primary N) is 1. The van der Waals surface area contributed by atoms with Crippen LogP contribution in [0.4, 0.5) is 0 Å². The number of hydrogen-bond acceptors (Lipinski definition) is 4. The third-order valence-corrected chi connectivity index (χ3v) is 0.713. The molecule has 1 atom stereocenters. The monoisotopic (exact) mass is 120 g/mol. The quantitative estimate of drug-likeness (QED) is 0.310. The molecule has 4 nitrogen and oxygen atoms in total. The first-order valence-corrected chi connectivity index (χ1v) is 2.41. The predicted octanol–water partition coefficient (Wildman–Crippen LogP) is -1.54. The molecule has 0 saturated carbocycles. The fourth-order valence-electron chi connectivity index (χ4n) is 0.387. The summed E-state index contributed by atoms with van der Waals surface area (Å²) in [4.78, 5) is 0. The lowest BCUT2D eigenvalue weighted by Gasteiger charge is -2.06. The molecule has 0 bridgehead atoms. The number of hydrogen-bond donors (Lipinski definition) is 3. The van der Waals surface area contributed by atoms with Gasteiger partial charge in [-0.2, -0.15) is 0 Å². The maximum Gasteiger partial charge on any atom is 0.0911 e. The van der Waals surface area contributed by atoms with Crippen molar-refractivity contribution in [3.8, 4) is 0 Å². The summed E-state index contributed by atoms with van der Waals surface area (Å²) in [6.07, 6.45) is -0.495. The smallest absolute Gasteiger partial charge is 0.0911 e. The lowest BCUT2D eigenvalue weighted by atomic mass is 10.4. The fourth-order valence-corrected chi connectivity index (χ4v) is 0.387. The van der Waals surface area contributed by atoms with Crippen LogP contribution in [0.5, 0.6) is 0 Å². The Morgan fingerprint density at radius 3 is 2.88 bits per heavy atom. The van der Waals surface area contributed by atoms with Gasteiger partial charge in [-0.05, 0) is 0 Å². The molecule has 0 aromatic heterocycles. The number of aliphatic hydroxyl groups is 1. The second kappa shape index (κ2) is 4.99. The summed E-state index contributed by atoms with van der Waals surface area (Å²) < 4.78 is 4.61. The van der Waals surface area contributed by atoms with E-state index in [0.29, 0.717) is 13.2 Å². The Balaban J connectivity index is 2.92. The lowest BCUT2D eigenvalue weighted by molar-refractivity contribution is 0.0647. The van der Waals surface area contributed by atoms with Gasteiger partial charge in [0.25, 0.3) is 0 Å². The predicted molar refractivity (Wildman–Crippen MR) is 30.1 cm³/mol. The van der Waals surface area contributed by atoms with Crippen molar-refractivity contribution < 1.29 is 9.84 Å². The minimum atomic E-state index is -0.495. The molecular weight excluding hydrogens is 108 g/mol. The normalized spacial score (nSPS) is 13.9. The van der Waals surface area contributed by atoms with Crippen LogP contribution in [0.15, 0.2) is 0 Å². The number of ether oxygens (including phenoxy) is 1. The highest BCUT2D eigenvalue weighted by Crippen LogP contribution is 1.77. The van der Waals surface area contributed by atoms with E-state index in [2.05, 4.69) is 10.2 Å². The van der Waals surface area contributed by atoms with Gasteiger partial charge < -0.3 is 9.84 Å². The highest BCUT2D eigenvalue weighted by Gasteiger charge is 1.98. The molecule has 0 aromatic rings. The van der Waals surface area contributed by atoms with Crippen LogP contribution in [0.3, 0.4) is 0 Å². The van der Waals surface area contributed by atoms with Gasteiger partial charge in [-0.1, -0.05) is 0 Å². The van der Waals surface area contributed by atoms with Gasteiger partial charge in [0, 0.05) is 13.7 Å². The summed E-state index contributed by atoms with van der Waals surface area (Å²) in [6, 6.07) is 0. The molecule has 8 heavy (non-hydrogen) atoms. The Morgan fingerprint density at radius 2 is 2.50 bits per heavy atom. The van der Waals surface area contributed by atoms with Crippen LogP contribution in [0.25, 0.3) is 0 Å². The minimum Gasteiger partial charge on any atom is -0.389 e. The highest BCUT2D eigenvalue weighted by atomic mass is 16.5. The third kappa shape index (κ3) is 4.01. The summed E-state index contributed by atoms with van der Waals surface area (Å²) in [5.41, 5.74) is 2.32. The first kappa shape index (κ1) is 7.84. The number of rotatable bonds is 4. The van der Waals surface area contributed by atoms with E-state index in [1.165, 1.54) is 7.11 Å². The molecule has 0 aromatic carbocycles.